The molecular weight excluding hydrogens is 186 g/mol. The minimum Gasteiger partial charge on any atom is -0.302 e. The van der Waals surface area contributed by atoms with Crippen molar-refractivity contribution in [3.8, 4) is 0 Å². The largest absolute Gasteiger partial charge is 0.302 e. The molecule has 2 aliphatic carbocycles. The van der Waals surface area contributed by atoms with Gasteiger partial charge in [0.15, 0.2) is 0 Å². The monoisotopic (exact) mass is 211 g/mol. The van der Waals surface area contributed by atoms with Crippen molar-refractivity contribution in [3.05, 3.63) is 0 Å². The Morgan fingerprint density at radius 2 is 1.80 bits per heavy atom. The Bertz CT molecular complexity index is 205. The van der Waals surface area contributed by atoms with Gasteiger partial charge in [-0.25, -0.2) is 0 Å². The van der Waals surface area contributed by atoms with Crippen LogP contribution in [-0.4, -0.2) is 30.6 Å². The molecule has 0 spiro atoms. The second-order valence-corrected chi connectivity index (χ2v) is 5.54. The van der Waals surface area contributed by atoms with Crippen LogP contribution in [0, 0.1) is 5.92 Å². The van der Waals surface area contributed by atoms with Gasteiger partial charge in [0, 0.05) is 11.6 Å². The van der Waals surface area contributed by atoms with Gasteiger partial charge in [0.2, 0.25) is 0 Å². The minimum absolute atomic E-state index is 0.328. The molecule has 0 aromatic rings. The maximum absolute atomic E-state index is 5.79. The summed E-state index contributed by atoms with van der Waals surface area (Å²) in [6.45, 7) is 0. The number of hydrogen-bond acceptors (Lipinski definition) is 3. The fourth-order valence-electron chi connectivity index (χ4n) is 3.36. The standard InChI is InChI=1S/C12H25N3/c1-15(2)12(8-4-3-5-9-12)11(14-13)10-6-7-10/h10-11,14H,3-9,13H2,1-2H3. The van der Waals surface area contributed by atoms with Crippen LogP contribution >= 0.6 is 0 Å². The van der Waals surface area contributed by atoms with Crippen LogP contribution in [0.15, 0.2) is 0 Å². The summed E-state index contributed by atoms with van der Waals surface area (Å²) in [5, 5.41) is 0. The highest BCUT2D eigenvalue weighted by Crippen LogP contribution is 2.44. The first-order valence-corrected chi connectivity index (χ1v) is 6.34. The maximum atomic E-state index is 5.79. The zero-order chi connectivity index (χ0) is 10.9. The van der Waals surface area contributed by atoms with Crippen molar-refractivity contribution in [2.75, 3.05) is 14.1 Å². The molecule has 3 heteroatoms. The molecule has 2 aliphatic rings. The lowest BCUT2D eigenvalue weighted by molar-refractivity contribution is 0.0482. The van der Waals surface area contributed by atoms with Crippen molar-refractivity contribution in [1.29, 1.82) is 0 Å². The van der Waals surface area contributed by atoms with E-state index >= 15 is 0 Å². The molecule has 0 bridgehead atoms. The summed E-state index contributed by atoms with van der Waals surface area (Å²) in [7, 11) is 4.44. The molecule has 0 aromatic carbocycles. The highest BCUT2D eigenvalue weighted by molar-refractivity contribution is 5.05. The van der Waals surface area contributed by atoms with Gasteiger partial charge in [0.1, 0.15) is 0 Å². The van der Waals surface area contributed by atoms with Gasteiger partial charge in [-0.3, -0.25) is 11.3 Å². The Morgan fingerprint density at radius 3 is 2.20 bits per heavy atom. The normalized spacial score (nSPS) is 28.0. The highest BCUT2D eigenvalue weighted by Gasteiger charge is 2.47. The van der Waals surface area contributed by atoms with Crippen molar-refractivity contribution in [2.45, 2.75) is 56.5 Å². The van der Waals surface area contributed by atoms with Crippen LogP contribution in [0.3, 0.4) is 0 Å². The van der Waals surface area contributed by atoms with Crippen LogP contribution in [0.1, 0.15) is 44.9 Å². The molecule has 3 nitrogen and oxygen atoms in total. The Labute approximate surface area is 93.4 Å². The number of nitrogens with one attached hydrogen (secondary N) is 1. The molecule has 0 aliphatic heterocycles. The van der Waals surface area contributed by atoms with E-state index in [1.54, 1.807) is 0 Å². The van der Waals surface area contributed by atoms with E-state index in [2.05, 4.69) is 24.4 Å². The summed E-state index contributed by atoms with van der Waals surface area (Å²) in [5.74, 6) is 6.62. The first-order chi connectivity index (χ1) is 7.20. The van der Waals surface area contributed by atoms with E-state index in [-0.39, 0.29) is 0 Å². The third-order valence-corrected chi connectivity index (χ3v) is 4.46. The number of rotatable bonds is 4. The number of nitrogens with zero attached hydrogens (tertiary/aromatic N) is 1. The first-order valence-electron chi connectivity index (χ1n) is 6.34. The highest BCUT2D eigenvalue weighted by atomic mass is 15.3. The average Bonchev–Trinajstić information content (AvgIpc) is 3.04. The maximum Gasteiger partial charge on any atom is 0.0422 e. The first kappa shape index (κ1) is 11.4. The Hall–Kier alpha value is -0.120. The Kier molecular flexibility index (Phi) is 3.33. The molecule has 0 saturated heterocycles. The predicted octanol–water partition coefficient (Wildman–Crippen LogP) is 1.49. The number of likely N-dealkylation sites (N-methyl/N-ethyl adjacent to an activating group) is 1. The van der Waals surface area contributed by atoms with Crippen molar-refractivity contribution < 1.29 is 0 Å². The van der Waals surface area contributed by atoms with Crippen molar-refractivity contribution in [2.24, 2.45) is 11.8 Å². The van der Waals surface area contributed by atoms with E-state index in [9.17, 15) is 0 Å². The zero-order valence-corrected chi connectivity index (χ0v) is 10.1. The smallest absolute Gasteiger partial charge is 0.0422 e. The quantitative estimate of drug-likeness (QED) is 0.547. The topological polar surface area (TPSA) is 41.3 Å². The Morgan fingerprint density at radius 1 is 1.20 bits per heavy atom. The molecule has 1 atom stereocenters. The van der Waals surface area contributed by atoms with Crippen LogP contribution in [-0.2, 0) is 0 Å². The molecule has 1 unspecified atom stereocenters. The zero-order valence-electron chi connectivity index (χ0n) is 10.1. The lowest BCUT2D eigenvalue weighted by Crippen LogP contribution is -2.62. The summed E-state index contributed by atoms with van der Waals surface area (Å²) in [6, 6.07) is 0.507. The predicted molar refractivity (Wildman–Crippen MR) is 63.3 cm³/mol. The van der Waals surface area contributed by atoms with E-state index in [1.165, 1.54) is 44.9 Å². The second kappa shape index (κ2) is 4.40. The van der Waals surface area contributed by atoms with Gasteiger partial charge < -0.3 is 4.90 Å². The van der Waals surface area contributed by atoms with Gasteiger partial charge in [-0.05, 0) is 45.7 Å². The molecule has 2 fully saturated rings. The summed E-state index contributed by atoms with van der Waals surface area (Å²) < 4.78 is 0. The van der Waals surface area contributed by atoms with Gasteiger partial charge in [0.05, 0.1) is 0 Å². The number of nitrogens with two attached hydrogens (primary N) is 1. The summed E-state index contributed by atoms with van der Waals surface area (Å²) in [6.07, 6.45) is 9.48. The lowest BCUT2D eigenvalue weighted by Gasteiger charge is -2.48. The van der Waals surface area contributed by atoms with Gasteiger partial charge in [0.25, 0.3) is 0 Å². The number of hydrogen-bond donors (Lipinski definition) is 2. The molecule has 0 heterocycles. The van der Waals surface area contributed by atoms with Crippen molar-refractivity contribution in [3.63, 3.8) is 0 Å². The van der Waals surface area contributed by atoms with E-state index < -0.39 is 0 Å². The van der Waals surface area contributed by atoms with Crippen LogP contribution in [0.25, 0.3) is 0 Å². The summed E-state index contributed by atoms with van der Waals surface area (Å²) in [5.41, 5.74) is 3.44. The fourth-order valence-corrected chi connectivity index (χ4v) is 3.36. The molecule has 0 aromatic heterocycles. The second-order valence-electron chi connectivity index (χ2n) is 5.54. The van der Waals surface area contributed by atoms with Crippen LogP contribution in [0.2, 0.25) is 0 Å². The fraction of sp³-hybridized carbons (Fsp3) is 1.00. The van der Waals surface area contributed by atoms with Gasteiger partial charge in [-0.2, -0.15) is 0 Å². The van der Waals surface area contributed by atoms with E-state index in [1.807, 2.05) is 0 Å². The SMILES string of the molecule is CN(C)C1(C(NN)C2CC2)CCCCC1. The minimum atomic E-state index is 0.328. The van der Waals surface area contributed by atoms with Crippen molar-refractivity contribution >= 4 is 0 Å². The molecule has 88 valence electrons. The number of hydrazine groups is 1. The van der Waals surface area contributed by atoms with Crippen LogP contribution in [0.5, 0.6) is 0 Å². The summed E-state index contributed by atoms with van der Waals surface area (Å²) >= 11 is 0. The van der Waals surface area contributed by atoms with Gasteiger partial charge >= 0.3 is 0 Å². The van der Waals surface area contributed by atoms with Crippen LogP contribution in [0.4, 0.5) is 0 Å². The lowest BCUT2D eigenvalue weighted by atomic mass is 9.74. The van der Waals surface area contributed by atoms with E-state index in [0.717, 1.165) is 5.92 Å². The average molecular weight is 211 g/mol. The van der Waals surface area contributed by atoms with Gasteiger partial charge in [-0.1, -0.05) is 19.3 Å². The van der Waals surface area contributed by atoms with E-state index in [4.69, 9.17) is 5.84 Å². The molecule has 0 amide bonds. The Balaban J connectivity index is 2.14. The van der Waals surface area contributed by atoms with Crippen molar-refractivity contribution in [1.82, 2.24) is 10.3 Å². The summed E-state index contributed by atoms with van der Waals surface area (Å²) in [4.78, 5) is 2.43. The molecule has 3 N–H and O–H groups in total. The molecule has 0 radical (unpaired) electrons. The third-order valence-electron chi connectivity index (χ3n) is 4.46. The molecular formula is C12H25N3. The molecule has 2 rings (SSSR count). The third kappa shape index (κ3) is 2.05. The molecule has 2 saturated carbocycles. The van der Waals surface area contributed by atoms with Gasteiger partial charge in [-0.15, -0.1) is 0 Å². The van der Waals surface area contributed by atoms with E-state index in [0.29, 0.717) is 11.6 Å². The molecule has 15 heavy (non-hydrogen) atoms. The van der Waals surface area contributed by atoms with Crippen LogP contribution < -0.4 is 11.3 Å².